The fraction of sp³-hybridized carbons (Fsp3) is 0.385. The molecule has 0 radical (unpaired) electrons. The maximum absolute atomic E-state index is 13.5. The van der Waals surface area contributed by atoms with Gasteiger partial charge in [0.05, 0.1) is 23.1 Å². The molecule has 5 rings (SSSR count). The van der Waals surface area contributed by atoms with E-state index in [2.05, 4.69) is 32.9 Å². The monoisotopic (exact) mass is 417 g/mol. The van der Waals surface area contributed by atoms with Gasteiger partial charge < -0.3 is 14.1 Å². The molecule has 0 saturated carbocycles. The van der Waals surface area contributed by atoms with E-state index < -0.39 is 6.04 Å². The number of benzene rings is 2. The number of rotatable bonds is 3. The lowest BCUT2D eigenvalue weighted by Gasteiger charge is -2.28. The zero-order valence-electron chi connectivity index (χ0n) is 18.2. The van der Waals surface area contributed by atoms with Gasteiger partial charge in [0, 0.05) is 13.2 Å². The van der Waals surface area contributed by atoms with Crippen LogP contribution < -0.4 is 5.43 Å². The standard InChI is InChI=1S/C26H27NO4/c1-26(2,3)17-12-10-16(11-13-17)22-21-23(28)19-8-4-5-9-20(19)31-24(21)25(29)27(22)15-18-7-6-14-30-18/h4-5,8-13,18,22H,6-7,14-15H2,1-3H3/t18-,22-/m1/s1. The summed E-state index contributed by atoms with van der Waals surface area (Å²) in [6.07, 6.45) is 1.89. The molecule has 3 heterocycles. The first-order valence-electron chi connectivity index (χ1n) is 10.9. The summed E-state index contributed by atoms with van der Waals surface area (Å²) in [5.74, 6) is -0.0788. The van der Waals surface area contributed by atoms with Crippen molar-refractivity contribution >= 4 is 16.9 Å². The van der Waals surface area contributed by atoms with Crippen LogP contribution in [0.1, 0.15) is 66.9 Å². The fourth-order valence-electron chi connectivity index (χ4n) is 4.68. The number of para-hydroxylation sites is 1. The first-order valence-corrected chi connectivity index (χ1v) is 10.9. The van der Waals surface area contributed by atoms with Crippen molar-refractivity contribution in [2.24, 2.45) is 0 Å². The largest absolute Gasteiger partial charge is 0.450 e. The van der Waals surface area contributed by atoms with E-state index in [0.717, 1.165) is 18.4 Å². The Morgan fingerprint density at radius 3 is 2.45 bits per heavy atom. The van der Waals surface area contributed by atoms with Gasteiger partial charge in [0.1, 0.15) is 5.58 Å². The second-order valence-electron chi connectivity index (χ2n) is 9.54. The van der Waals surface area contributed by atoms with Crippen molar-refractivity contribution < 1.29 is 13.9 Å². The second kappa shape index (κ2) is 7.34. The van der Waals surface area contributed by atoms with Crippen molar-refractivity contribution in [1.82, 2.24) is 4.90 Å². The summed E-state index contributed by atoms with van der Waals surface area (Å²) >= 11 is 0. The number of amides is 1. The number of fused-ring (bicyclic) bond motifs is 2. The molecule has 160 valence electrons. The molecule has 0 spiro atoms. The summed E-state index contributed by atoms with van der Waals surface area (Å²) in [7, 11) is 0. The molecule has 1 saturated heterocycles. The van der Waals surface area contributed by atoms with Gasteiger partial charge in [-0.1, -0.05) is 57.2 Å². The van der Waals surface area contributed by atoms with E-state index in [1.807, 2.05) is 24.3 Å². The zero-order chi connectivity index (χ0) is 21.8. The lowest BCUT2D eigenvalue weighted by Crippen LogP contribution is -2.36. The molecule has 0 N–H and O–H groups in total. The SMILES string of the molecule is CC(C)(C)c1ccc([C@@H]2c3c(oc4ccccc4c3=O)C(=O)N2C[C@H]2CCCO2)cc1. The summed E-state index contributed by atoms with van der Waals surface area (Å²) in [5, 5.41) is 0.504. The Kier molecular flexibility index (Phi) is 4.74. The van der Waals surface area contributed by atoms with Gasteiger partial charge in [-0.2, -0.15) is 0 Å². The Balaban J connectivity index is 1.66. The highest BCUT2D eigenvalue weighted by Gasteiger charge is 2.43. The molecular weight excluding hydrogens is 390 g/mol. The van der Waals surface area contributed by atoms with Crippen molar-refractivity contribution in [2.75, 3.05) is 13.2 Å². The molecule has 2 aliphatic heterocycles. The first-order chi connectivity index (χ1) is 14.8. The number of nitrogens with zero attached hydrogens (tertiary/aromatic N) is 1. The van der Waals surface area contributed by atoms with Crippen LogP contribution in [0.4, 0.5) is 0 Å². The maximum atomic E-state index is 13.5. The molecule has 1 amide bonds. The highest BCUT2D eigenvalue weighted by atomic mass is 16.5. The normalized spacial score (nSPS) is 21.1. The lowest BCUT2D eigenvalue weighted by atomic mass is 9.86. The average Bonchev–Trinajstić information content (AvgIpc) is 3.36. The van der Waals surface area contributed by atoms with E-state index in [-0.39, 0.29) is 28.6 Å². The van der Waals surface area contributed by atoms with Crippen LogP contribution in [0, 0.1) is 0 Å². The third kappa shape index (κ3) is 3.37. The smallest absolute Gasteiger partial charge is 0.291 e. The second-order valence-corrected chi connectivity index (χ2v) is 9.54. The predicted molar refractivity (Wildman–Crippen MR) is 119 cm³/mol. The van der Waals surface area contributed by atoms with Crippen LogP contribution in [0.15, 0.2) is 57.7 Å². The molecular formula is C26H27NO4. The fourth-order valence-corrected chi connectivity index (χ4v) is 4.68. The van der Waals surface area contributed by atoms with Crippen LogP contribution in [0.25, 0.3) is 11.0 Å². The Morgan fingerprint density at radius 1 is 1.03 bits per heavy atom. The van der Waals surface area contributed by atoms with E-state index in [0.29, 0.717) is 29.7 Å². The van der Waals surface area contributed by atoms with Crippen molar-refractivity contribution in [3.05, 3.63) is 81.2 Å². The van der Waals surface area contributed by atoms with Gasteiger partial charge in [0.2, 0.25) is 5.76 Å². The molecule has 2 atom stereocenters. The number of carbonyl (C=O) groups is 1. The molecule has 31 heavy (non-hydrogen) atoms. The minimum absolute atomic E-state index is 0.0147. The van der Waals surface area contributed by atoms with Gasteiger partial charge in [0.25, 0.3) is 5.91 Å². The van der Waals surface area contributed by atoms with Crippen LogP contribution >= 0.6 is 0 Å². The van der Waals surface area contributed by atoms with Gasteiger partial charge in [-0.25, -0.2) is 0 Å². The Labute approximate surface area is 181 Å². The summed E-state index contributed by atoms with van der Waals surface area (Å²) in [4.78, 5) is 28.7. The third-order valence-corrected chi connectivity index (χ3v) is 6.39. The van der Waals surface area contributed by atoms with E-state index in [1.165, 1.54) is 5.56 Å². The Bertz CT molecular complexity index is 1200. The van der Waals surface area contributed by atoms with E-state index in [9.17, 15) is 9.59 Å². The highest BCUT2D eigenvalue weighted by Crippen LogP contribution is 2.39. The van der Waals surface area contributed by atoms with Gasteiger partial charge in [-0.3, -0.25) is 9.59 Å². The molecule has 2 aromatic carbocycles. The molecule has 1 aromatic heterocycles. The van der Waals surface area contributed by atoms with Crippen LogP contribution in [0.5, 0.6) is 0 Å². The number of carbonyl (C=O) groups excluding carboxylic acids is 1. The molecule has 5 heteroatoms. The van der Waals surface area contributed by atoms with Crippen molar-refractivity contribution in [3.63, 3.8) is 0 Å². The molecule has 2 aliphatic rings. The minimum atomic E-state index is -0.471. The molecule has 5 nitrogen and oxygen atoms in total. The number of hydrogen-bond donors (Lipinski definition) is 0. The molecule has 0 bridgehead atoms. The van der Waals surface area contributed by atoms with Crippen molar-refractivity contribution in [3.8, 4) is 0 Å². The van der Waals surface area contributed by atoms with Crippen molar-refractivity contribution in [1.29, 1.82) is 0 Å². The van der Waals surface area contributed by atoms with E-state index in [4.69, 9.17) is 9.15 Å². The molecule has 0 unspecified atom stereocenters. The number of ether oxygens (including phenoxy) is 1. The van der Waals surface area contributed by atoms with Crippen LogP contribution in [-0.2, 0) is 10.2 Å². The molecule has 3 aromatic rings. The first kappa shape index (κ1) is 20.0. The Hall–Kier alpha value is -2.92. The van der Waals surface area contributed by atoms with Crippen molar-refractivity contribution in [2.45, 2.75) is 51.2 Å². The average molecular weight is 418 g/mol. The van der Waals surface area contributed by atoms with Gasteiger partial charge in [0.15, 0.2) is 5.43 Å². The van der Waals surface area contributed by atoms with E-state index >= 15 is 0 Å². The van der Waals surface area contributed by atoms with Gasteiger partial charge >= 0.3 is 0 Å². The minimum Gasteiger partial charge on any atom is -0.450 e. The highest BCUT2D eigenvalue weighted by molar-refractivity contribution is 5.99. The summed E-state index contributed by atoms with van der Waals surface area (Å²) < 4.78 is 11.8. The topological polar surface area (TPSA) is 59.8 Å². The lowest BCUT2D eigenvalue weighted by molar-refractivity contribution is 0.0486. The molecule has 1 fully saturated rings. The van der Waals surface area contributed by atoms with Gasteiger partial charge in [-0.05, 0) is 41.5 Å². The van der Waals surface area contributed by atoms with Crippen LogP contribution in [0.3, 0.4) is 0 Å². The summed E-state index contributed by atoms with van der Waals surface area (Å²) in [5.41, 5.74) is 2.89. The summed E-state index contributed by atoms with van der Waals surface area (Å²) in [6.45, 7) is 7.67. The summed E-state index contributed by atoms with van der Waals surface area (Å²) in [6, 6.07) is 14.9. The number of hydrogen-bond acceptors (Lipinski definition) is 4. The van der Waals surface area contributed by atoms with E-state index in [1.54, 1.807) is 17.0 Å². The predicted octanol–water partition coefficient (Wildman–Crippen LogP) is 4.81. The molecule has 0 aliphatic carbocycles. The van der Waals surface area contributed by atoms with Crippen LogP contribution in [-0.4, -0.2) is 30.1 Å². The Morgan fingerprint density at radius 2 is 1.77 bits per heavy atom. The quantitative estimate of drug-likeness (QED) is 0.613. The van der Waals surface area contributed by atoms with Crippen LogP contribution in [0.2, 0.25) is 0 Å². The zero-order valence-corrected chi connectivity index (χ0v) is 18.2. The maximum Gasteiger partial charge on any atom is 0.291 e. The third-order valence-electron chi connectivity index (χ3n) is 6.39. The van der Waals surface area contributed by atoms with Gasteiger partial charge in [-0.15, -0.1) is 0 Å².